The number of nitrogens with zero attached hydrogens (tertiary/aromatic N) is 3. The Bertz CT molecular complexity index is 1190. The number of halogens is 3. The molecular formula is C24H21F3N4O2. The smallest absolute Gasteiger partial charge is 0.252 e. The maximum absolute atomic E-state index is 14.8. The first kappa shape index (κ1) is 22.5. The second-order valence-corrected chi connectivity index (χ2v) is 7.55. The lowest BCUT2D eigenvalue weighted by Gasteiger charge is -2.22. The van der Waals surface area contributed by atoms with Crippen LogP contribution < -0.4 is 5.32 Å². The molecule has 2 atom stereocenters. The van der Waals surface area contributed by atoms with Crippen molar-refractivity contribution in [2.24, 2.45) is 4.99 Å². The number of aromatic nitrogens is 2. The van der Waals surface area contributed by atoms with Crippen LogP contribution in [0.2, 0.25) is 0 Å². The van der Waals surface area contributed by atoms with E-state index in [9.17, 15) is 23.1 Å². The number of aliphatic hydroxyl groups is 1. The van der Waals surface area contributed by atoms with Crippen molar-refractivity contribution < 1.29 is 23.1 Å². The summed E-state index contributed by atoms with van der Waals surface area (Å²) in [6.45, 7) is -0.561. The zero-order chi connectivity index (χ0) is 23.4. The normalized spacial score (nSPS) is 15.0. The lowest BCUT2D eigenvalue weighted by Crippen LogP contribution is -2.46. The van der Waals surface area contributed by atoms with Crippen molar-refractivity contribution in [3.63, 3.8) is 0 Å². The SMILES string of the molecule is O=C(N[C@H](Cn1cccn1)[C@@H](F)CO)c1cccc(F)c1C1=NCC(c2ccc(F)cc2)=C1. The number of allylic oxidation sites excluding steroid dienone is 1. The van der Waals surface area contributed by atoms with Gasteiger partial charge in [0.05, 0.1) is 37.0 Å². The van der Waals surface area contributed by atoms with Crippen LogP contribution in [0.5, 0.6) is 0 Å². The Morgan fingerprint density at radius 2 is 1.94 bits per heavy atom. The van der Waals surface area contributed by atoms with Crippen LogP contribution in [-0.4, -0.2) is 51.9 Å². The Kier molecular flexibility index (Phi) is 6.69. The van der Waals surface area contributed by atoms with Gasteiger partial charge in [0.25, 0.3) is 5.91 Å². The highest BCUT2D eigenvalue weighted by Crippen LogP contribution is 2.25. The number of nitrogens with one attached hydrogen (secondary N) is 1. The molecule has 1 aliphatic rings. The first-order valence-corrected chi connectivity index (χ1v) is 10.3. The molecule has 0 radical (unpaired) electrons. The van der Waals surface area contributed by atoms with E-state index in [2.05, 4.69) is 15.4 Å². The van der Waals surface area contributed by atoms with Crippen LogP contribution in [0, 0.1) is 11.6 Å². The van der Waals surface area contributed by atoms with E-state index in [-0.39, 0.29) is 35.7 Å². The molecule has 2 N–H and O–H groups in total. The number of hydrogen-bond acceptors (Lipinski definition) is 4. The monoisotopic (exact) mass is 454 g/mol. The van der Waals surface area contributed by atoms with Gasteiger partial charge < -0.3 is 10.4 Å². The average Bonchev–Trinajstić information content (AvgIpc) is 3.51. The Balaban J connectivity index is 1.61. The molecule has 1 amide bonds. The second kappa shape index (κ2) is 9.83. The molecule has 1 aliphatic heterocycles. The van der Waals surface area contributed by atoms with Gasteiger partial charge in [0, 0.05) is 18.0 Å². The molecule has 0 saturated carbocycles. The minimum atomic E-state index is -1.75. The van der Waals surface area contributed by atoms with Crippen LogP contribution in [0.3, 0.4) is 0 Å². The molecule has 0 bridgehead atoms. The number of amides is 1. The quantitative estimate of drug-likeness (QED) is 0.549. The topological polar surface area (TPSA) is 79.5 Å². The fraction of sp³-hybridized carbons (Fsp3) is 0.208. The summed E-state index contributed by atoms with van der Waals surface area (Å²) in [5, 5.41) is 15.8. The van der Waals surface area contributed by atoms with Crippen LogP contribution in [0.15, 0.2) is 72.0 Å². The average molecular weight is 454 g/mol. The van der Waals surface area contributed by atoms with Gasteiger partial charge in [0.2, 0.25) is 0 Å². The molecule has 1 aromatic heterocycles. The summed E-state index contributed by atoms with van der Waals surface area (Å²) in [4.78, 5) is 17.4. The van der Waals surface area contributed by atoms with Crippen molar-refractivity contribution >= 4 is 17.2 Å². The van der Waals surface area contributed by atoms with E-state index in [1.54, 1.807) is 30.5 Å². The zero-order valence-corrected chi connectivity index (χ0v) is 17.5. The Labute approximate surface area is 188 Å². The Morgan fingerprint density at radius 3 is 2.64 bits per heavy atom. The van der Waals surface area contributed by atoms with E-state index >= 15 is 0 Å². The van der Waals surface area contributed by atoms with Crippen LogP contribution in [0.1, 0.15) is 21.5 Å². The lowest BCUT2D eigenvalue weighted by molar-refractivity contribution is 0.0849. The maximum Gasteiger partial charge on any atom is 0.252 e. The van der Waals surface area contributed by atoms with Gasteiger partial charge in [-0.3, -0.25) is 14.5 Å². The van der Waals surface area contributed by atoms with Crippen molar-refractivity contribution in [3.05, 3.63) is 95.3 Å². The summed E-state index contributed by atoms with van der Waals surface area (Å²) >= 11 is 0. The molecule has 2 heterocycles. The maximum atomic E-state index is 14.8. The van der Waals surface area contributed by atoms with Gasteiger partial charge in [-0.2, -0.15) is 5.10 Å². The summed E-state index contributed by atoms with van der Waals surface area (Å²) in [6.07, 6.45) is 3.02. The number of benzene rings is 2. The van der Waals surface area contributed by atoms with Crippen molar-refractivity contribution in [1.82, 2.24) is 15.1 Å². The molecule has 2 aromatic carbocycles. The van der Waals surface area contributed by atoms with Gasteiger partial charge >= 0.3 is 0 Å². The summed E-state index contributed by atoms with van der Waals surface area (Å²) in [5.74, 6) is -1.73. The highest BCUT2D eigenvalue weighted by atomic mass is 19.1. The fourth-order valence-corrected chi connectivity index (χ4v) is 3.62. The third-order valence-electron chi connectivity index (χ3n) is 5.33. The number of aliphatic imine (C=N–C) groups is 1. The van der Waals surface area contributed by atoms with Gasteiger partial charge in [0.1, 0.15) is 17.8 Å². The minimum Gasteiger partial charge on any atom is -0.393 e. The molecule has 0 aliphatic carbocycles. The predicted molar refractivity (Wildman–Crippen MR) is 118 cm³/mol. The van der Waals surface area contributed by atoms with Crippen LogP contribution in [-0.2, 0) is 6.54 Å². The summed E-state index contributed by atoms with van der Waals surface area (Å²) < 4.78 is 43.9. The minimum absolute atomic E-state index is 0.00985. The highest BCUT2D eigenvalue weighted by Gasteiger charge is 2.27. The summed E-state index contributed by atoms with van der Waals surface area (Å²) in [6, 6.07) is 10.4. The Morgan fingerprint density at radius 1 is 1.15 bits per heavy atom. The van der Waals surface area contributed by atoms with E-state index in [4.69, 9.17) is 0 Å². The molecule has 9 heteroatoms. The summed E-state index contributed by atoms with van der Waals surface area (Å²) in [7, 11) is 0. The predicted octanol–water partition coefficient (Wildman–Crippen LogP) is 3.18. The van der Waals surface area contributed by atoms with Crippen LogP contribution >= 0.6 is 0 Å². The Hall–Kier alpha value is -3.72. The van der Waals surface area contributed by atoms with Crippen molar-refractivity contribution in [1.29, 1.82) is 0 Å². The molecule has 0 spiro atoms. The number of hydrogen-bond donors (Lipinski definition) is 2. The van der Waals surface area contributed by atoms with E-state index in [1.807, 2.05) is 0 Å². The van der Waals surface area contributed by atoms with E-state index < -0.39 is 30.5 Å². The van der Waals surface area contributed by atoms with Gasteiger partial charge in [-0.05, 0) is 47.5 Å². The van der Waals surface area contributed by atoms with E-state index in [1.165, 1.54) is 41.2 Å². The first-order valence-electron chi connectivity index (χ1n) is 10.3. The molecule has 170 valence electrons. The van der Waals surface area contributed by atoms with E-state index in [0.717, 1.165) is 11.1 Å². The molecule has 3 aromatic rings. The number of rotatable bonds is 8. The van der Waals surface area contributed by atoms with Gasteiger partial charge in [-0.1, -0.05) is 18.2 Å². The summed E-state index contributed by atoms with van der Waals surface area (Å²) in [5.41, 5.74) is 1.73. The molecule has 0 saturated heterocycles. The van der Waals surface area contributed by atoms with E-state index in [0.29, 0.717) is 0 Å². The van der Waals surface area contributed by atoms with Crippen molar-refractivity contribution in [2.75, 3.05) is 13.2 Å². The number of aliphatic hydroxyl groups excluding tert-OH is 1. The molecule has 6 nitrogen and oxygen atoms in total. The molecule has 4 rings (SSSR count). The molecule has 0 fully saturated rings. The van der Waals surface area contributed by atoms with Gasteiger partial charge in [-0.15, -0.1) is 0 Å². The first-order chi connectivity index (χ1) is 16.0. The molecular weight excluding hydrogens is 433 g/mol. The van der Waals surface area contributed by atoms with Gasteiger partial charge in [-0.25, -0.2) is 13.2 Å². The second-order valence-electron chi connectivity index (χ2n) is 7.55. The number of carbonyl (C=O) groups excluding carboxylic acids is 1. The standard InChI is InChI=1S/C24H21F3N4O2/c25-17-7-5-15(6-8-17)16-11-21(28-12-16)23-18(3-1-4-19(23)26)24(33)30-22(20(27)14-32)13-31-10-2-9-29-31/h1-11,20,22,32H,12-14H2,(H,30,33)/t20-,22+/m0/s1. The highest BCUT2D eigenvalue weighted by molar-refractivity contribution is 6.19. The molecule has 0 unspecified atom stereocenters. The molecule has 33 heavy (non-hydrogen) atoms. The third-order valence-corrected chi connectivity index (χ3v) is 5.33. The fourth-order valence-electron chi connectivity index (χ4n) is 3.62. The lowest BCUT2D eigenvalue weighted by atomic mass is 9.99. The van der Waals surface area contributed by atoms with Crippen molar-refractivity contribution in [2.45, 2.75) is 18.8 Å². The zero-order valence-electron chi connectivity index (χ0n) is 17.5. The number of carbonyl (C=O) groups is 1. The van der Waals surface area contributed by atoms with Gasteiger partial charge in [0.15, 0.2) is 0 Å². The van der Waals surface area contributed by atoms with Crippen LogP contribution in [0.25, 0.3) is 5.57 Å². The number of alkyl halides is 1. The largest absolute Gasteiger partial charge is 0.393 e. The van der Waals surface area contributed by atoms with Crippen LogP contribution in [0.4, 0.5) is 13.2 Å². The third kappa shape index (κ3) is 5.04. The van der Waals surface area contributed by atoms with Crippen molar-refractivity contribution in [3.8, 4) is 0 Å².